The monoisotopic (exact) mass is 294 g/mol. The maximum Gasteiger partial charge on any atom is 0.350 e. The molecule has 0 saturated heterocycles. The first-order chi connectivity index (χ1) is 9.61. The Morgan fingerprint density at radius 1 is 1.45 bits per heavy atom. The van der Waals surface area contributed by atoms with Gasteiger partial charge in [-0.05, 0) is 25.0 Å². The Labute approximate surface area is 120 Å². The Hall–Kier alpha value is -1.95. The number of halogens is 1. The van der Waals surface area contributed by atoms with E-state index in [1.54, 1.807) is 25.1 Å². The van der Waals surface area contributed by atoms with Crippen LogP contribution in [0.3, 0.4) is 0 Å². The molecule has 2 aromatic rings. The van der Waals surface area contributed by atoms with Gasteiger partial charge in [-0.3, -0.25) is 0 Å². The fourth-order valence-electron chi connectivity index (χ4n) is 1.76. The summed E-state index contributed by atoms with van der Waals surface area (Å²) in [7, 11) is 1.34. The first kappa shape index (κ1) is 14.5. The third-order valence-electron chi connectivity index (χ3n) is 2.80. The molecule has 1 N–H and O–H groups in total. The summed E-state index contributed by atoms with van der Waals surface area (Å²) in [5.41, 5.74) is 1.29. The molecule has 106 valence electrons. The maximum absolute atomic E-state index is 13.4. The number of carbonyl (C=O) groups excluding carboxylic acids is 1. The van der Waals surface area contributed by atoms with Gasteiger partial charge in [0.25, 0.3) is 0 Å². The third kappa shape index (κ3) is 3.33. The summed E-state index contributed by atoms with van der Waals surface area (Å²) in [6.07, 6.45) is 0.554. The summed E-state index contributed by atoms with van der Waals surface area (Å²) < 4.78 is 18.1. The lowest BCUT2D eigenvalue weighted by atomic mass is 10.1. The number of rotatable bonds is 5. The molecule has 1 heterocycles. The van der Waals surface area contributed by atoms with E-state index in [1.807, 2.05) is 0 Å². The Bertz CT molecular complexity index is 613. The first-order valence-corrected chi connectivity index (χ1v) is 6.96. The number of hydrogen-bond donors (Lipinski definition) is 1. The van der Waals surface area contributed by atoms with Gasteiger partial charge in [-0.1, -0.05) is 29.5 Å². The molecule has 0 fully saturated rings. The summed E-state index contributed by atoms with van der Waals surface area (Å²) in [6, 6.07) is 6.67. The van der Waals surface area contributed by atoms with Crippen molar-refractivity contribution in [3.05, 3.63) is 46.2 Å². The SMILES string of the molecule is COC(=O)c1sc(NCCc2ccccc2F)nc1C. The average molecular weight is 294 g/mol. The summed E-state index contributed by atoms with van der Waals surface area (Å²) in [6.45, 7) is 2.30. The number of thiazole rings is 1. The quantitative estimate of drug-likeness (QED) is 0.861. The van der Waals surface area contributed by atoms with Crippen molar-refractivity contribution in [2.45, 2.75) is 13.3 Å². The summed E-state index contributed by atoms with van der Waals surface area (Å²) >= 11 is 1.24. The second kappa shape index (κ2) is 6.47. The lowest BCUT2D eigenvalue weighted by Crippen LogP contribution is -2.05. The Morgan fingerprint density at radius 2 is 2.20 bits per heavy atom. The van der Waals surface area contributed by atoms with Gasteiger partial charge < -0.3 is 10.1 Å². The van der Waals surface area contributed by atoms with Gasteiger partial charge in [0.1, 0.15) is 10.7 Å². The van der Waals surface area contributed by atoms with Crippen LogP contribution in [-0.4, -0.2) is 24.6 Å². The predicted octanol–water partition coefficient (Wildman–Crippen LogP) is 3.03. The van der Waals surface area contributed by atoms with Crippen molar-refractivity contribution in [1.82, 2.24) is 4.98 Å². The summed E-state index contributed by atoms with van der Waals surface area (Å²) in [4.78, 5) is 16.2. The molecule has 0 saturated carbocycles. The number of anilines is 1. The van der Waals surface area contributed by atoms with E-state index in [4.69, 9.17) is 0 Å². The zero-order valence-corrected chi connectivity index (χ0v) is 12.1. The second-order valence-electron chi connectivity index (χ2n) is 4.19. The van der Waals surface area contributed by atoms with Crippen LogP contribution in [0.2, 0.25) is 0 Å². The van der Waals surface area contributed by atoms with Gasteiger partial charge in [0, 0.05) is 6.54 Å². The lowest BCUT2D eigenvalue weighted by Gasteiger charge is -2.03. The molecule has 0 aliphatic heterocycles. The minimum absolute atomic E-state index is 0.208. The van der Waals surface area contributed by atoms with Crippen LogP contribution >= 0.6 is 11.3 Å². The number of methoxy groups -OCH3 is 1. The van der Waals surface area contributed by atoms with Gasteiger partial charge >= 0.3 is 5.97 Å². The van der Waals surface area contributed by atoms with E-state index in [1.165, 1.54) is 24.5 Å². The molecule has 0 bridgehead atoms. The average Bonchev–Trinajstić information content (AvgIpc) is 2.81. The van der Waals surface area contributed by atoms with Crippen molar-refractivity contribution in [3.63, 3.8) is 0 Å². The zero-order valence-electron chi connectivity index (χ0n) is 11.3. The molecule has 4 nitrogen and oxygen atoms in total. The first-order valence-electron chi connectivity index (χ1n) is 6.15. The van der Waals surface area contributed by atoms with Crippen LogP contribution < -0.4 is 5.32 Å². The fraction of sp³-hybridized carbons (Fsp3) is 0.286. The number of nitrogens with one attached hydrogen (secondary N) is 1. The molecule has 0 unspecified atom stereocenters. The molecule has 0 aliphatic rings. The third-order valence-corrected chi connectivity index (χ3v) is 3.89. The molecular weight excluding hydrogens is 279 g/mol. The molecule has 0 spiro atoms. The van der Waals surface area contributed by atoms with Crippen LogP contribution in [-0.2, 0) is 11.2 Å². The van der Waals surface area contributed by atoms with Crippen LogP contribution in [0.1, 0.15) is 20.9 Å². The molecule has 0 amide bonds. The highest BCUT2D eigenvalue weighted by molar-refractivity contribution is 7.17. The number of aryl methyl sites for hydroxylation is 1. The number of esters is 1. The van der Waals surface area contributed by atoms with Gasteiger partial charge in [-0.25, -0.2) is 14.2 Å². The van der Waals surface area contributed by atoms with Crippen molar-refractivity contribution in [1.29, 1.82) is 0 Å². The normalized spacial score (nSPS) is 10.3. The number of nitrogens with zero attached hydrogens (tertiary/aromatic N) is 1. The van der Waals surface area contributed by atoms with Crippen LogP contribution in [0.25, 0.3) is 0 Å². The fourth-order valence-corrected chi connectivity index (χ4v) is 2.67. The van der Waals surface area contributed by atoms with E-state index < -0.39 is 0 Å². The van der Waals surface area contributed by atoms with Crippen molar-refractivity contribution in [3.8, 4) is 0 Å². The van der Waals surface area contributed by atoms with E-state index in [-0.39, 0.29) is 11.8 Å². The second-order valence-corrected chi connectivity index (χ2v) is 5.19. The van der Waals surface area contributed by atoms with Gasteiger partial charge in [0.05, 0.1) is 12.8 Å². The van der Waals surface area contributed by atoms with Crippen LogP contribution in [0.15, 0.2) is 24.3 Å². The minimum Gasteiger partial charge on any atom is -0.465 e. The smallest absolute Gasteiger partial charge is 0.350 e. The number of hydrogen-bond acceptors (Lipinski definition) is 5. The zero-order chi connectivity index (χ0) is 14.5. The van der Waals surface area contributed by atoms with Crippen LogP contribution in [0.5, 0.6) is 0 Å². The van der Waals surface area contributed by atoms with Crippen molar-refractivity contribution in [2.24, 2.45) is 0 Å². The van der Waals surface area contributed by atoms with Crippen molar-refractivity contribution >= 4 is 22.4 Å². The maximum atomic E-state index is 13.4. The number of aromatic nitrogens is 1. The molecule has 6 heteroatoms. The molecule has 1 aromatic heterocycles. The number of benzene rings is 1. The molecule has 20 heavy (non-hydrogen) atoms. The molecule has 1 aromatic carbocycles. The van der Waals surface area contributed by atoms with Gasteiger partial charge in [0.2, 0.25) is 0 Å². The Balaban J connectivity index is 1.95. The van der Waals surface area contributed by atoms with Gasteiger partial charge in [-0.2, -0.15) is 0 Å². The lowest BCUT2D eigenvalue weighted by molar-refractivity contribution is 0.0605. The van der Waals surface area contributed by atoms with E-state index in [2.05, 4.69) is 15.0 Å². The Kier molecular flexibility index (Phi) is 4.68. The molecule has 0 aliphatic carbocycles. The molecular formula is C14H15FN2O2S. The minimum atomic E-state index is -0.387. The number of ether oxygens (including phenoxy) is 1. The molecule has 0 radical (unpaired) electrons. The van der Waals surface area contributed by atoms with Crippen molar-refractivity contribution < 1.29 is 13.9 Å². The largest absolute Gasteiger partial charge is 0.465 e. The van der Waals surface area contributed by atoms with E-state index in [9.17, 15) is 9.18 Å². The topological polar surface area (TPSA) is 51.2 Å². The highest BCUT2D eigenvalue weighted by atomic mass is 32.1. The summed E-state index contributed by atoms with van der Waals surface area (Å²) in [5.74, 6) is -0.595. The predicted molar refractivity (Wildman–Crippen MR) is 76.8 cm³/mol. The molecule has 0 atom stereocenters. The highest BCUT2D eigenvalue weighted by Crippen LogP contribution is 2.23. The standard InChI is InChI=1S/C14H15FN2O2S/c1-9-12(13(18)19-2)20-14(17-9)16-8-7-10-5-3-4-6-11(10)15/h3-6H,7-8H2,1-2H3,(H,16,17). The van der Waals surface area contributed by atoms with Gasteiger partial charge in [-0.15, -0.1) is 0 Å². The van der Waals surface area contributed by atoms with Crippen LogP contribution in [0, 0.1) is 12.7 Å². The van der Waals surface area contributed by atoms with Crippen LogP contribution in [0.4, 0.5) is 9.52 Å². The Morgan fingerprint density at radius 3 is 2.90 bits per heavy atom. The number of carbonyl (C=O) groups is 1. The summed E-state index contributed by atoms with van der Waals surface area (Å²) in [5, 5.41) is 3.73. The van der Waals surface area contributed by atoms with E-state index >= 15 is 0 Å². The van der Waals surface area contributed by atoms with Gasteiger partial charge in [0.15, 0.2) is 5.13 Å². The van der Waals surface area contributed by atoms with Crippen molar-refractivity contribution in [2.75, 3.05) is 19.0 Å². The molecule has 2 rings (SSSR count). The highest BCUT2D eigenvalue weighted by Gasteiger charge is 2.15. The van der Waals surface area contributed by atoms with E-state index in [0.717, 1.165) is 0 Å². The van der Waals surface area contributed by atoms with E-state index in [0.29, 0.717) is 34.2 Å².